The summed E-state index contributed by atoms with van der Waals surface area (Å²) in [6.07, 6.45) is 18.7. The Hall–Kier alpha value is -0.795. The fourth-order valence-electron chi connectivity index (χ4n) is 3.44. The van der Waals surface area contributed by atoms with Gasteiger partial charge in [0, 0.05) is 12.7 Å². The summed E-state index contributed by atoms with van der Waals surface area (Å²) in [5.41, 5.74) is 1.63. The predicted octanol–water partition coefficient (Wildman–Crippen LogP) is 6.91. The monoisotopic (exact) mass is 373 g/mol. The molecular formula is C23H44BN3. The zero-order valence-corrected chi connectivity index (χ0v) is 18.9. The van der Waals surface area contributed by atoms with E-state index in [1.807, 2.05) is 4.68 Å². The van der Waals surface area contributed by atoms with Crippen LogP contribution in [0.5, 0.6) is 0 Å². The van der Waals surface area contributed by atoms with Crippen LogP contribution in [0, 0.1) is 5.41 Å². The average Bonchev–Trinajstić information content (AvgIpc) is 2.99. The summed E-state index contributed by atoms with van der Waals surface area (Å²) < 4.78 is 2.02. The van der Waals surface area contributed by atoms with E-state index in [4.69, 9.17) is 7.85 Å². The molecule has 0 aliphatic carbocycles. The normalized spacial score (nSPS) is 12.6. The Labute approximate surface area is 170 Å². The molecule has 0 N–H and O–H groups in total. The molecular weight excluding hydrogens is 329 g/mol. The third kappa shape index (κ3) is 14.9. The van der Waals surface area contributed by atoms with E-state index >= 15 is 0 Å². The van der Waals surface area contributed by atoms with Crippen LogP contribution in [0.2, 0.25) is 5.31 Å². The molecule has 0 amide bonds. The molecule has 0 spiro atoms. The fraction of sp³-hybridized carbons (Fsp3) is 0.913. The van der Waals surface area contributed by atoms with Crippen LogP contribution in [0.25, 0.3) is 0 Å². The second-order valence-corrected chi connectivity index (χ2v) is 10.3. The van der Waals surface area contributed by atoms with E-state index in [1.54, 1.807) is 0 Å². The molecule has 0 aliphatic heterocycles. The molecule has 0 saturated heterocycles. The summed E-state index contributed by atoms with van der Waals surface area (Å²) in [5.74, 6) is 0. The summed E-state index contributed by atoms with van der Waals surface area (Å²) in [5, 5.41) is 8.53. The van der Waals surface area contributed by atoms with Crippen LogP contribution in [0.3, 0.4) is 0 Å². The number of rotatable bonds is 15. The van der Waals surface area contributed by atoms with Crippen molar-refractivity contribution in [2.24, 2.45) is 5.41 Å². The first-order valence-electron chi connectivity index (χ1n) is 11.3. The minimum absolute atomic E-state index is 0.0516. The molecule has 27 heavy (non-hydrogen) atoms. The number of hydrogen-bond acceptors (Lipinski definition) is 2. The predicted molar refractivity (Wildman–Crippen MR) is 118 cm³/mol. The van der Waals surface area contributed by atoms with Gasteiger partial charge in [0.25, 0.3) is 0 Å². The molecule has 0 saturated carbocycles. The van der Waals surface area contributed by atoms with Crippen molar-refractivity contribution >= 4 is 7.85 Å². The van der Waals surface area contributed by atoms with Crippen molar-refractivity contribution in [3.63, 3.8) is 0 Å². The van der Waals surface area contributed by atoms with Gasteiger partial charge in [-0.2, -0.15) is 0 Å². The standard InChI is InChI=1S/C23H44BN3/c1-22(2,3)17-13-10-8-6-7-9-11-15-19-27-20-21(25-26-27)16-12-14-18-23(4,5)24/h20H,6-19H2,1-5H3. The Morgan fingerprint density at radius 3 is 1.93 bits per heavy atom. The summed E-state index contributed by atoms with van der Waals surface area (Å²) in [7, 11) is 6.02. The smallest absolute Gasteiger partial charge is 0.0827 e. The van der Waals surface area contributed by atoms with Crippen molar-refractivity contribution < 1.29 is 0 Å². The van der Waals surface area contributed by atoms with E-state index in [9.17, 15) is 0 Å². The highest BCUT2D eigenvalue weighted by atomic mass is 15.4. The number of hydrogen-bond donors (Lipinski definition) is 0. The quantitative estimate of drug-likeness (QED) is 0.247. The number of aromatic nitrogens is 3. The lowest BCUT2D eigenvalue weighted by Crippen LogP contribution is -2.03. The summed E-state index contributed by atoms with van der Waals surface area (Å²) >= 11 is 0. The molecule has 0 unspecified atom stereocenters. The number of unbranched alkanes of at least 4 members (excludes halogenated alkanes) is 8. The maximum Gasteiger partial charge on any atom is 0.0827 e. The van der Waals surface area contributed by atoms with Crippen molar-refractivity contribution in [1.29, 1.82) is 0 Å². The van der Waals surface area contributed by atoms with Gasteiger partial charge in [0.2, 0.25) is 0 Å². The molecule has 0 aliphatic rings. The minimum atomic E-state index is -0.0516. The summed E-state index contributed by atoms with van der Waals surface area (Å²) in [6, 6.07) is 0. The topological polar surface area (TPSA) is 30.7 Å². The maximum absolute atomic E-state index is 6.02. The fourth-order valence-corrected chi connectivity index (χ4v) is 3.44. The van der Waals surface area contributed by atoms with Gasteiger partial charge < -0.3 is 0 Å². The molecule has 154 valence electrons. The molecule has 0 fully saturated rings. The first kappa shape index (κ1) is 24.2. The van der Waals surface area contributed by atoms with Gasteiger partial charge in [-0.05, 0) is 31.1 Å². The summed E-state index contributed by atoms with van der Waals surface area (Å²) in [6.45, 7) is 12.2. The van der Waals surface area contributed by atoms with E-state index in [0.29, 0.717) is 5.41 Å². The Morgan fingerprint density at radius 2 is 1.33 bits per heavy atom. The minimum Gasteiger partial charge on any atom is -0.252 e. The lowest BCUT2D eigenvalue weighted by Gasteiger charge is -2.17. The third-order valence-corrected chi connectivity index (χ3v) is 5.15. The van der Waals surface area contributed by atoms with Crippen LogP contribution in [0.15, 0.2) is 6.20 Å². The van der Waals surface area contributed by atoms with E-state index in [0.717, 1.165) is 37.9 Å². The molecule has 4 heteroatoms. The van der Waals surface area contributed by atoms with Crippen molar-refractivity contribution in [3.05, 3.63) is 11.9 Å². The Kier molecular flexibility index (Phi) is 11.3. The Bertz CT molecular complexity index is 483. The number of nitrogens with zero attached hydrogens (tertiary/aromatic N) is 3. The molecule has 0 aromatic carbocycles. The van der Waals surface area contributed by atoms with E-state index in [1.165, 1.54) is 57.8 Å². The highest BCUT2D eigenvalue weighted by Gasteiger charge is 2.10. The van der Waals surface area contributed by atoms with Gasteiger partial charge in [-0.1, -0.05) is 103 Å². The highest BCUT2D eigenvalue weighted by molar-refractivity contribution is 6.14. The molecule has 1 rings (SSSR count). The first-order valence-corrected chi connectivity index (χ1v) is 11.3. The lowest BCUT2D eigenvalue weighted by atomic mass is 9.69. The molecule has 2 radical (unpaired) electrons. The maximum atomic E-state index is 6.02. The van der Waals surface area contributed by atoms with Crippen molar-refractivity contribution in [3.8, 4) is 0 Å². The van der Waals surface area contributed by atoms with Crippen molar-refractivity contribution in [1.82, 2.24) is 15.0 Å². The van der Waals surface area contributed by atoms with Crippen LogP contribution < -0.4 is 0 Å². The van der Waals surface area contributed by atoms with Crippen LogP contribution in [-0.2, 0) is 13.0 Å². The lowest BCUT2D eigenvalue weighted by molar-refractivity contribution is 0.356. The van der Waals surface area contributed by atoms with Crippen molar-refractivity contribution in [2.45, 2.75) is 130 Å². The second kappa shape index (κ2) is 12.6. The van der Waals surface area contributed by atoms with Gasteiger partial charge in [-0.3, -0.25) is 4.68 Å². The largest absolute Gasteiger partial charge is 0.252 e. The molecule has 0 bridgehead atoms. The summed E-state index contributed by atoms with van der Waals surface area (Å²) in [4.78, 5) is 0. The third-order valence-electron chi connectivity index (χ3n) is 5.15. The van der Waals surface area contributed by atoms with Crippen LogP contribution in [0.1, 0.15) is 117 Å². The number of aryl methyl sites for hydroxylation is 2. The average molecular weight is 373 g/mol. The van der Waals surface area contributed by atoms with E-state index in [-0.39, 0.29) is 5.31 Å². The van der Waals surface area contributed by atoms with E-state index < -0.39 is 0 Å². The highest BCUT2D eigenvalue weighted by Crippen LogP contribution is 2.26. The Balaban J connectivity index is 1.96. The van der Waals surface area contributed by atoms with Crippen LogP contribution >= 0.6 is 0 Å². The first-order chi connectivity index (χ1) is 12.7. The van der Waals surface area contributed by atoms with E-state index in [2.05, 4.69) is 51.1 Å². The second-order valence-electron chi connectivity index (χ2n) is 10.3. The van der Waals surface area contributed by atoms with Gasteiger partial charge in [0.15, 0.2) is 0 Å². The van der Waals surface area contributed by atoms with Gasteiger partial charge in [0.1, 0.15) is 0 Å². The zero-order chi connectivity index (χ0) is 20.2. The zero-order valence-electron chi connectivity index (χ0n) is 18.9. The molecule has 0 atom stereocenters. The molecule has 1 heterocycles. The molecule has 1 aromatic heterocycles. The van der Waals surface area contributed by atoms with Gasteiger partial charge >= 0.3 is 0 Å². The molecule has 3 nitrogen and oxygen atoms in total. The van der Waals surface area contributed by atoms with Gasteiger partial charge in [-0.15, -0.1) is 5.10 Å². The van der Waals surface area contributed by atoms with Crippen LogP contribution in [-0.4, -0.2) is 22.8 Å². The Morgan fingerprint density at radius 1 is 0.778 bits per heavy atom. The van der Waals surface area contributed by atoms with Gasteiger partial charge in [-0.25, -0.2) is 0 Å². The van der Waals surface area contributed by atoms with Crippen LogP contribution in [0.4, 0.5) is 0 Å². The molecule has 1 aromatic rings. The van der Waals surface area contributed by atoms with Gasteiger partial charge in [0.05, 0.1) is 13.5 Å². The SMILES string of the molecule is [B]C(C)(C)CCCCc1cn(CCCCCCCCCCC(C)(C)C)nn1. The van der Waals surface area contributed by atoms with Crippen molar-refractivity contribution in [2.75, 3.05) is 0 Å².